The largest absolute Gasteiger partial charge is 0.292 e. The first kappa shape index (κ1) is 23.6. The van der Waals surface area contributed by atoms with Crippen LogP contribution in [0.2, 0.25) is 0 Å². The molecule has 0 amide bonds. The molecule has 7 nitrogen and oxygen atoms in total. The molecule has 0 saturated carbocycles. The van der Waals surface area contributed by atoms with E-state index < -0.39 is 0 Å². The van der Waals surface area contributed by atoms with Crippen molar-refractivity contribution in [1.82, 2.24) is 24.1 Å². The molecule has 0 saturated heterocycles. The van der Waals surface area contributed by atoms with Crippen LogP contribution in [0.5, 0.6) is 0 Å². The Hall–Kier alpha value is -6.31. The zero-order chi connectivity index (χ0) is 28.2. The van der Waals surface area contributed by atoms with Crippen molar-refractivity contribution in [3.63, 3.8) is 0 Å². The Morgan fingerprint density at radius 2 is 1.10 bits per heavy atom. The molecule has 8 rings (SSSR count). The predicted molar refractivity (Wildman–Crippen MR) is 163 cm³/mol. The summed E-state index contributed by atoms with van der Waals surface area (Å²) >= 11 is 0. The van der Waals surface area contributed by atoms with Gasteiger partial charge in [0.15, 0.2) is 0 Å². The van der Waals surface area contributed by atoms with E-state index in [0.717, 1.165) is 49.2 Å². The lowest BCUT2D eigenvalue weighted by atomic mass is 9.97. The van der Waals surface area contributed by atoms with Crippen LogP contribution in [0, 0.1) is 22.7 Å². The SMILES string of the molecule is N#Cc1cccc(-c2cc(-n3c4ccccc4c4ccncc43)nc(-n3c4ccccc4c4ccncc43)c2)c1C#N. The Labute approximate surface area is 239 Å². The molecular formula is C35H19N7. The molecule has 0 radical (unpaired) electrons. The fourth-order valence-corrected chi connectivity index (χ4v) is 6.02. The summed E-state index contributed by atoms with van der Waals surface area (Å²) in [6, 6.07) is 34.2. The van der Waals surface area contributed by atoms with Crippen LogP contribution >= 0.6 is 0 Å². The number of hydrogen-bond donors (Lipinski definition) is 0. The number of fused-ring (bicyclic) bond motifs is 6. The van der Waals surface area contributed by atoms with Crippen LogP contribution in [-0.2, 0) is 0 Å². The molecule has 5 heterocycles. The topological polar surface area (TPSA) is 96.1 Å². The van der Waals surface area contributed by atoms with Gasteiger partial charge in [-0.2, -0.15) is 10.5 Å². The lowest BCUT2D eigenvalue weighted by Gasteiger charge is -2.15. The Bertz CT molecular complexity index is 2210. The number of benzene rings is 3. The van der Waals surface area contributed by atoms with Gasteiger partial charge in [-0.1, -0.05) is 48.5 Å². The first-order chi connectivity index (χ1) is 20.8. The number of nitriles is 2. The summed E-state index contributed by atoms with van der Waals surface area (Å²) in [6.07, 6.45) is 7.30. The summed E-state index contributed by atoms with van der Waals surface area (Å²) in [5, 5.41) is 24.2. The van der Waals surface area contributed by atoms with Crippen LogP contribution in [0.3, 0.4) is 0 Å². The summed E-state index contributed by atoms with van der Waals surface area (Å²) in [4.78, 5) is 14.1. The van der Waals surface area contributed by atoms with Gasteiger partial charge < -0.3 is 0 Å². The predicted octanol–water partition coefficient (Wildman–Crippen LogP) is 7.48. The average molecular weight is 538 g/mol. The highest BCUT2D eigenvalue weighted by atomic mass is 15.1. The molecule has 5 aromatic heterocycles. The van der Waals surface area contributed by atoms with E-state index in [1.165, 1.54) is 0 Å². The summed E-state index contributed by atoms with van der Waals surface area (Å²) in [5.41, 5.74) is 5.92. The number of rotatable bonds is 3. The second-order valence-corrected chi connectivity index (χ2v) is 10.0. The van der Waals surface area contributed by atoms with E-state index in [4.69, 9.17) is 4.98 Å². The molecule has 0 fully saturated rings. The Morgan fingerprint density at radius 3 is 1.64 bits per heavy atom. The summed E-state index contributed by atoms with van der Waals surface area (Å²) in [6.45, 7) is 0. The summed E-state index contributed by atoms with van der Waals surface area (Å²) < 4.78 is 4.22. The fourth-order valence-electron chi connectivity index (χ4n) is 6.02. The zero-order valence-corrected chi connectivity index (χ0v) is 22.1. The number of pyridine rings is 3. The minimum atomic E-state index is 0.330. The Morgan fingerprint density at radius 1 is 0.548 bits per heavy atom. The molecule has 0 N–H and O–H groups in total. The molecule has 8 aromatic rings. The highest BCUT2D eigenvalue weighted by Gasteiger charge is 2.20. The van der Waals surface area contributed by atoms with E-state index in [1.54, 1.807) is 18.5 Å². The molecule has 0 unspecified atom stereocenters. The number of aromatic nitrogens is 5. The van der Waals surface area contributed by atoms with Gasteiger partial charge in [0.25, 0.3) is 0 Å². The average Bonchev–Trinajstić information content (AvgIpc) is 3.57. The van der Waals surface area contributed by atoms with Gasteiger partial charge in [-0.25, -0.2) is 4.98 Å². The highest BCUT2D eigenvalue weighted by molar-refractivity contribution is 6.10. The maximum Gasteiger partial charge on any atom is 0.140 e. The summed E-state index contributed by atoms with van der Waals surface area (Å²) in [5.74, 6) is 1.34. The van der Waals surface area contributed by atoms with E-state index in [1.807, 2.05) is 73.1 Å². The molecule has 0 aliphatic rings. The molecule has 0 bridgehead atoms. The molecule has 0 spiro atoms. The van der Waals surface area contributed by atoms with Gasteiger partial charge in [0.05, 0.1) is 45.6 Å². The number of para-hydroxylation sites is 2. The third-order valence-corrected chi connectivity index (χ3v) is 7.82. The van der Waals surface area contributed by atoms with Crippen molar-refractivity contribution in [1.29, 1.82) is 10.5 Å². The third kappa shape index (κ3) is 3.35. The molecule has 0 aliphatic heterocycles. The van der Waals surface area contributed by atoms with Crippen molar-refractivity contribution >= 4 is 43.6 Å². The van der Waals surface area contributed by atoms with E-state index in [9.17, 15) is 10.5 Å². The van der Waals surface area contributed by atoms with E-state index in [2.05, 4.69) is 55.5 Å². The maximum atomic E-state index is 10.1. The summed E-state index contributed by atoms with van der Waals surface area (Å²) in [7, 11) is 0. The van der Waals surface area contributed by atoms with Gasteiger partial charge in [-0.05, 0) is 48.0 Å². The van der Waals surface area contributed by atoms with Crippen molar-refractivity contribution in [2.24, 2.45) is 0 Å². The monoisotopic (exact) mass is 537 g/mol. The van der Waals surface area contributed by atoms with Gasteiger partial charge in [-0.3, -0.25) is 19.1 Å². The van der Waals surface area contributed by atoms with Crippen LogP contribution < -0.4 is 0 Å². The quantitative estimate of drug-likeness (QED) is 0.233. The second-order valence-electron chi connectivity index (χ2n) is 10.0. The zero-order valence-electron chi connectivity index (χ0n) is 22.1. The molecule has 7 heteroatoms. The standard InChI is InChI=1S/C35H19N7/c36-18-22-6-5-9-24(29(22)19-37)23-16-34(41-30-10-3-1-7-25(30)27-12-14-38-20-32(27)41)40-35(17-23)42-31-11-4-2-8-26(31)28-13-15-39-21-33(28)42/h1-17,20-21H. The first-order valence-electron chi connectivity index (χ1n) is 13.4. The molecule has 42 heavy (non-hydrogen) atoms. The van der Waals surface area contributed by atoms with Gasteiger partial charge in [0.1, 0.15) is 23.8 Å². The van der Waals surface area contributed by atoms with Crippen molar-refractivity contribution in [3.8, 4) is 34.9 Å². The van der Waals surface area contributed by atoms with Gasteiger partial charge >= 0.3 is 0 Å². The molecule has 0 atom stereocenters. The number of hydrogen-bond acceptors (Lipinski definition) is 5. The van der Waals surface area contributed by atoms with Gasteiger partial charge in [0, 0.05) is 39.5 Å². The van der Waals surface area contributed by atoms with Crippen LogP contribution in [0.25, 0.3) is 66.4 Å². The van der Waals surface area contributed by atoms with Crippen LogP contribution in [0.4, 0.5) is 0 Å². The van der Waals surface area contributed by atoms with E-state index >= 15 is 0 Å². The van der Waals surface area contributed by atoms with Crippen molar-refractivity contribution in [2.45, 2.75) is 0 Å². The lowest BCUT2D eigenvalue weighted by Crippen LogP contribution is -2.05. The molecular weight excluding hydrogens is 518 g/mol. The van der Waals surface area contributed by atoms with Crippen LogP contribution in [0.1, 0.15) is 11.1 Å². The maximum absolute atomic E-state index is 10.1. The van der Waals surface area contributed by atoms with Gasteiger partial charge in [-0.15, -0.1) is 0 Å². The van der Waals surface area contributed by atoms with E-state index in [0.29, 0.717) is 28.3 Å². The van der Waals surface area contributed by atoms with Crippen molar-refractivity contribution in [3.05, 3.63) is 127 Å². The molecule has 194 valence electrons. The molecule has 3 aromatic carbocycles. The normalized spacial score (nSPS) is 11.3. The lowest BCUT2D eigenvalue weighted by molar-refractivity contribution is 1.01. The minimum absolute atomic E-state index is 0.330. The van der Waals surface area contributed by atoms with Crippen molar-refractivity contribution < 1.29 is 0 Å². The fraction of sp³-hybridized carbons (Fsp3) is 0. The first-order valence-corrected chi connectivity index (χ1v) is 13.4. The van der Waals surface area contributed by atoms with Crippen molar-refractivity contribution in [2.75, 3.05) is 0 Å². The van der Waals surface area contributed by atoms with Crippen LogP contribution in [-0.4, -0.2) is 24.1 Å². The van der Waals surface area contributed by atoms with Gasteiger partial charge in [0.2, 0.25) is 0 Å². The van der Waals surface area contributed by atoms with Crippen LogP contribution in [0.15, 0.2) is 116 Å². The smallest absolute Gasteiger partial charge is 0.140 e. The highest BCUT2D eigenvalue weighted by Crippen LogP contribution is 2.36. The Balaban J connectivity index is 1.53. The van der Waals surface area contributed by atoms with E-state index in [-0.39, 0.29) is 0 Å². The molecule has 0 aliphatic carbocycles. The second kappa shape index (κ2) is 9.12. The third-order valence-electron chi connectivity index (χ3n) is 7.82. The Kier molecular flexibility index (Phi) is 5.12. The minimum Gasteiger partial charge on any atom is -0.292 e. The number of nitrogens with zero attached hydrogens (tertiary/aromatic N) is 7.